The van der Waals surface area contributed by atoms with Crippen molar-refractivity contribution < 1.29 is 29.3 Å². The number of likely N-dealkylation sites (tertiary alicyclic amines) is 1. The lowest BCUT2D eigenvalue weighted by Gasteiger charge is -2.31. The molecule has 2 aliphatic rings. The van der Waals surface area contributed by atoms with Gasteiger partial charge in [0.05, 0.1) is 6.33 Å². The maximum absolute atomic E-state index is 12.4. The Hall–Kier alpha value is -3.81. The van der Waals surface area contributed by atoms with E-state index in [2.05, 4.69) is 20.3 Å². The van der Waals surface area contributed by atoms with Gasteiger partial charge < -0.3 is 35.6 Å². The molecule has 0 aliphatic carbocycles. The standard InChI is InChI=1S/C28H37N7O6/c1-2-30-26(38)23-21(36)22(37)27(41-23)35-16-31-20-24(29)32-19(33-25(20)35)10-6-9-17-11-13-34(14-12-17)28(39)40-15-18-7-4-3-5-8-18/h3-5,7-8,16-17,21-23,27,36-37H,2,6,9-15H2,1H3,(H,30,38)(H2,29,32,33)/t21-,22+,23-,27+/m0/s1. The largest absolute Gasteiger partial charge is 0.445 e. The van der Waals surface area contributed by atoms with Crippen molar-refractivity contribution in [1.29, 1.82) is 0 Å². The summed E-state index contributed by atoms with van der Waals surface area (Å²) < 4.78 is 12.7. The van der Waals surface area contributed by atoms with Crippen LogP contribution in [0, 0.1) is 5.92 Å². The van der Waals surface area contributed by atoms with E-state index >= 15 is 0 Å². The Morgan fingerprint density at radius 3 is 2.63 bits per heavy atom. The topological polar surface area (TPSA) is 178 Å². The molecule has 1 aromatic carbocycles. The summed E-state index contributed by atoms with van der Waals surface area (Å²) in [5, 5.41) is 23.6. The van der Waals surface area contributed by atoms with Crippen LogP contribution >= 0.6 is 0 Å². The average molecular weight is 568 g/mol. The van der Waals surface area contributed by atoms with E-state index in [1.807, 2.05) is 30.3 Å². The lowest BCUT2D eigenvalue weighted by atomic mass is 9.91. The number of carbonyl (C=O) groups excluding carboxylic acids is 2. The fourth-order valence-corrected chi connectivity index (χ4v) is 5.43. The Morgan fingerprint density at radius 2 is 1.90 bits per heavy atom. The van der Waals surface area contributed by atoms with Crippen molar-refractivity contribution in [3.8, 4) is 0 Å². The first-order valence-corrected chi connectivity index (χ1v) is 14.1. The van der Waals surface area contributed by atoms with Crippen LogP contribution in [0.25, 0.3) is 11.2 Å². The van der Waals surface area contributed by atoms with Gasteiger partial charge in [-0.2, -0.15) is 0 Å². The van der Waals surface area contributed by atoms with Gasteiger partial charge in [0.1, 0.15) is 30.2 Å². The lowest BCUT2D eigenvalue weighted by molar-refractivity contribution is -0.137. The number of benzene rings is 1. The molecule has 13 heteroatoms. The fraction of sp³-hybridized carbons (Fsp3) is 0.536. The third kappa shape index (κ3) is 6.42. The highest BCUT2D eigenvalue weighted by Crippen LogP contribution is 2.32. The predicted octanol–water partition coefficient (Wildman–Crippen LogP) is 1.54. The summed E-state index contributed by atoms with van der Waals surface area (Å²) >= 11 is 0. The molecule has 0 saturated carbocycles. The van der Waals surface area contributed by atoms with Crippen molar-refractivity contribution in [1.82, 2.24) is 29.7 Å². The summed E-state index contributed by atoms with van der Waals surface area (Å²) in [5.41, 5.74) is 7.86. The van der Waals surface area contributed by atoms with Crippen LogP contribution in [0.2, 0.25) is 0 Å². The van der Waals surface area contributed by atoms with Crippen molar-refractivity contribution in [2.24, 2.45) is 5.92 Å². The molecule has 2 saturated heterocycles. The van der Waals surface area contributed by atoms with Gasteiger partial charge in [0.15, 0.2) is 23.8 Å². The van der Waals surface area contributed by atoms with Crippen LogP contribution < -0.4 is 11.1 Å². The second-order valence-electron chi connectivity index (χ2n) is 10.5. The lowest BCUT2D eigenvalue weighted by Crippen LogP contribution is -2.42. The number of fused-ring (bicyclic) bond motifs is 1. The van der Waals surface area contributed by atoms with E-state index in [4.69, 9.17) is 15.2 Å². The summed E-state index contributed by atoms with van der Waals surface area (Å²) in [5.74, 6) is 0.719. The van der Waals surface area contributed by atoms with Crippen LogP contribution in [-0.2, 0) is 27.3 Å². The smallest absolute Gasteiger partial charge is 0.410 e. The van der Waals surface area contributed by atoms with E-state index in [-0.39, 0.29) is 18.5 Å². The Kier molecular flexibility index (Phi) is 8.96. The number of hydrogen-bond donors (Lipinski definition) is 4. The highest BCUT2D eigenvalue weighted by molar-refractivity contribution is 5.83. The molecule has 2 amide bonds. The maximum Gasteiger partial charge on any atom is 0.410 e. The van der Waals surface area contributed by atoms with Gasteiger partial charge in [0, 0.05) is 26.1 Å². The number of carbonyl (C=O) groups is 2. The molecule has 3 aromatic rings. The van der Waals surface area contributed by atoms with Gasteiger partial charge in [0.2, 0.25) is 0 Å². The van der Waals surface area contributed by atoms with Gasteiger partial charge >= 0.3 is 6.09 Å². The normalized spacial score (nSPS) is 23.1. The molecule has 5 N–H and O–H groups in total. The van der Waals surface area contributed by atoms with E-state index in [1.54, 1.807) is 11.8 Å². The molecule has 2 aliphatic heterocycles. The SMILES string of the molecule is CCNC(=O)[C@H]1O[C@@H](n2cnc3c(N)nc(CCCC4CCN(C(=O)OCc5ccccc5)CC4)nc32)[C@H](O)[C@@H]1O. The minimum atomic E-state index is -1.40. The Bertz CT molecular complexity index is 1340. The number of anilines is 1. The zero-order valence-corrected chi connectivity index (χ0v) is 23.1. The van der Waals surface area contributed by atoms with E-state index in [9.17, 15) is 19.8 Å². The number of likely N-dealkylation sites (N-methyl/N-ethyl adjacent to an activating group) is 1. The Balaban J connectivity index is 1.14. The molecule has 2 fully saturated rings. The van der Waals surface area contributed by atoms with Crippen LogP contribution in [0.3, 0.4) is 0 Å². The van der Waals surface area contributed by atoms with Gasteiger partial charge in [-0.25, -0.2) is 19.7 Å². The van der Waals surface area contributed by atoms with Crippen LogP contribution in [-0.4, -0.2) is 84.6 Å². The molecule has 13 nitrogen and oxygen atoms in total. The number of rotatable bonds is 9. The van der Waals surface area contributed by atoms with Crippen molar-refractivity contribution in [3.05, 3.63) is 48.0 Å². The molecule has 0 spiro atoms. The molecule has 4 heterocycles. The van der Waals surface area contributed by atoms with Gasteiger partial charge in [0.25, 0.3) is 5.91 Å². The zero-order chi connectivity index (χ0) is 28.9. The van der Waals surface area contributed by atoms with Gasteiger partial charge in [-0.15, -0.1) is 0 Å². The van der Waals surface area contributed by atoms with Crippen molar-refractivity contribution >= 4 is 29.0 Å². The van der Waals surface area contributed by atoms with E-state index in [0.29, 0.717) is 49.0 Å². The molecule has 4 atom stereocenters. The van der Waals surface area contributed by atoms with Gasteiger partial charge in [-0.1, -0.05) is 30.3 Å². The number of aryl methyl sites for hydroxylation is 1. The van der Waals surface area contributed by atoms with E-state index in [0.717, 1.165) is 31.2 Å². The number of amides is 2. The molecule has 0 unspecified atom stereocenters. The Labute approximate surface area is 237 Å². The molecular formula is C28H37N7O6. The van der Waals surface area contributed by atoms with Crippen molar-refractivity contribution in [3.63, 3.8) is 0 Å². The molecule has 2 aromatic heterocycles. The van der Waals surface area contributed by atoms with E-state index < -0.39 is 30.4 Å². The number of aromatic nitrogens is 4. The number of hydrogen-bond acceptors (Lipinski definition) is 10. The first-order valence-electron chi connectivity index (χ1n) is 14.1. The minimum absolute atomic E-state index is 0.208. The highest BCUT2D eigenvalue weighted by atomic mass is 16.6. The average Bonchev–Trinajstić information content (AvgIpc) is 3.53. The van der Waals surface area contributed by atoms with Crippen LogP contribution in [0.4, 0.5) is 10.6 Å². The summed E-state index contributed by atoms with van der Waals surface area (Å²) in [6.45, 7) is 3.73. The third-order valence-corrected chi connectivity index (χ3v) is 7.71. The Morgan fingerprint density at radius 1 is 1.15 bits per heavy atom. The third-order valence-electron chi connectivity index (χ3n) is 7.71. The number of nitrogens with zero attached hydrogens (tertiary/aromatic N) is 5. The second-order valence-corrected chi connectivity index (χ2v) is 10.5. The number of nitrogens with two attached hydrogens (primary N) is 1. The fourth-order valence-electron chi connectivity index (χ4n) is 5.43. The molecule has 0 radical (unpaired) electrons. The number of imidazole rings is 1. The molecular weight excluding hydrogens is 530 g/mol. The number of nitrogens with one attached hydrogen (secondary N) is 1. The number of ether oxygens (including phenoxy) is 2. The summed E-state index contributed by atoms with van der Waals surface area (Å²) in [7, 11) is 0. The second kappa shape index (κ2) is 12.8. The first-order chi connectivity index (χ1) is 19.9. The monoisotopic (exact) mass is 567 g/mol. The van der Waals surface area contributed by atoms with Crippen LogP contribution in [0.15, 0.2) is 36.7 Å². The molecule has 220 valence electrons. The first kappa shape index (κ1) is 28.7. The van der Waals surface area contributed by atoms with Crippen molar-refractivity contribution in [2.75, 3.05) is 25.4 Å². The molecule has 0 bridgehead atoms. The van der Waals surface area contributed by atoms with E-state index in [1.165, 1.54) is 10.9 Å². The van der Waals surface area contributed by atoms with Crippen LogP contribution in [0.1, 0.15) is 50.2 Å². The number of nitrogen functional groups attached to an aromatic ring is 1. The predicted molar refractivity (Wildman–Crippen MR) is 148 cm³/mol. The molecule has 41 heavy (non-hydrogen) atoms. The number of aliphatic hydroxyl groups is 2. The quantitative estimate of drug-likeness (QED) is 0.296. The highest BCUT2D eigenvalue weighted by Gasteiger charge is 2.47. The summed E-state index contributed by atoms with van der Waals surface area (Å²) in [4.78, 5) is 39.8. The number of aliphatic hydroxyl groups excluding tert-OH is 2. The molecule has 5 rings (SSSR count). The number of piperidine rings is 1. The van der Waals surface area contributed by atoms with Crippen LogP contribution in [0.5, 0.6) is 0 Å². The van der Waals surface area contributed by atoms with Crippen molar-refractivity contribution in [2.45, 2.75) is 70.2 Å². The summed E-state index contributed by atoms with van der Waals surface area (Å²) in [6, 6.07) is 9.64. The zero-order valence-electron chi connectivity index (χ0n) is 23.1. The maximum atomic E-state index is 12.4. The minimum Gasteiger partial charge on any atom is -0.445 e. The van der Waals surface area contributed by atoms with Gasteiger partial charge in [-0.3, -0.25) is 9.36 Å². The van der Waals surface area contributed by atoms with Gasteiger partial charge in [-0.05, 0) is 44.1 Å². The summed E-state index contributed by atoms with van der Waals surface area (Å²) in [6.07, 6.45) is 0.284.